The van der Waals surface area contributed by atoms with Gasteiger partial charge in [0.2, 0.25) is 21.8 Å². The molecule has 0 atom stereocenters. The van der Waals surface area contributed by atoms with Gasteiger partial charge in [-0.15, -0.1) is 0 Å². The summed E-state index contributed by atoms with van der Waals surface area (Å²) in [5, 5.41) is 0. The minimum absolute atomic E-state index is 0.0247. The first kappa shape index (κ1) is 21.7. The zero-order valence-corrected chi connectivity index (χ0v) is 17.8. The van der Waals surface area contributed by atoms with Crippen LogP contribution in [0.25, 0.3) is 0 Å². The van der Waals surface area contributed by atoms with E-state index in [1.165, 1.54) is 4.31 Å². The van der Waals surface area contributed by atoms with E-state index in [-0.39, 0.29) is 30.7 Å². The van der Waals surface area contributed by atoms with Crippen molar-refractivity contribution in [2.75, 3.05) is 59.4 Å². The van der Waals surface area contributed by atoms with Gasteiger partial charge in [-0.3, -0.25) is 14.5 Å². The fraction of sp³-hybridized carbons (Fsp3) is 0.600. The highest BCUT2D eigenvalue weighted by molar-refractivity contribution is 7.88. The Morgan fingerprint density at radius 3 is 1.93 bits per heavy atom. The van der Waals surface area contributed by atoms with Crippen LogP contribution in [0.4, 0.5) is 0 Å². The van der Waals surface area contributed by atoms with Crippen LogP contribution in [0.15, 0.2) is 30.3 Å². The van der Waals surface area contributed by atoms with E-state index in [2.05, 4.69) is 0 Å². The van der Waals surface area contributed by atoms with Crippen molar-refractivity contribution >= 4 is 21.8 Å². The first-order valence-corrected chi connectivity index (χ1v) is 11.7. The largest absolute Gasteiger partial charge is 0.342 e. The summed E-state index contributed by atoms with van der Waals surface area (Å²) in [6.45, 7) is 3.36. The highest BCUT2D eigenvalue weighted by atomic mass is 32.2. The van der Waals surface area contributed by atoms with Crippen molar-refractivity contribution in [2.45, 2.75) is 18.6 Å². The molecule has 1 aromatic carbocycles. The van der Waals surface area contributed by atoms with Crippen LogP contribution in [-0.2, 0) is 25.4 Å². The lowest BCUT2D eigenvalue weighted by Crippen LogP contribution is -2.53. The first-order valence-electron chi connectivity index (χ1n) is 10.1. The molecule has 0 aliphatic carbocycles. The van der Waals surface area contributed by atoms with E-state index in [1.54, 1.807) is 29.0 Å². The molecule has 0 unspecified atom stereocenters. The van der Waals surface area contributed by atoms with Crippen LogP contribution in [0.2, 0.25) is 0 Å². The molecular formula is C20H30N4O4S. The lowest BCUT2D eigenvalue weighted by Gasteiger charge is -2.35. The molecule has 2 heterocycles. The van der Waals surface area contributed by atoms with Crippen LogP contribution in [-0.4, -0.2) is 98.6 Å². The molecule has 0 bridgehead atoms. The molecule has 29 heavy (non-hydrogen) atoms. The molecule has 1 aromatic rings. The van der Waals surface area contributed by atoms with Gasteiger partial charge in [-0.25, -0.2) is 8.42 Å². The average molecular weight is 423 g/mol. The number of hydrogen-bond donors (Lipinski definition) is 0. The van der Waals surface area contributed by atoms with E-state index in [0.717, 1.165) is 31.5 Å². The van der Waals surface area contributed by atoms with Crippen LogP contribution in [0.1, 0.15) is 18.4 Å². The number of amides is 2. The third-order valence-electron chi connectivity index (χ3n) is 5.45. The van der Waals surface area contributed by atoms with Crippen LogP contribution >= 0.6 is 0 Å². The second-order valence-corrected chi connectivity index (χ2v) is 9.75. The number of likely N-dealkylation sites (N-methyl/N-ethyl adjacent to an activating group) is 1. The van der Waals surface area contributed by atoms with Crippen molar-refractivity contribution in [3.05, 3.63) is 35.9 Å². The number of piperazine rings is 1. The fourth-order valence-electron chi connectivity index (χ4n) is 3.78. The van der Waals surface area contributed by atoms with E-state index in [4.69, 9.17) is 0 Å². The Morgan fingerprint density at radius 1 is 0.862 bits per heavy atom. The molecular weight excluding hydrogens is 392 g/mol. The zero-order chi connectivity index (χ0) is 20.9. The summed E-state index contributed by atoms with van der Waals surface area (Å²) >= 11 is 0. The molecule has 160 valence electrons. The predicted molar refractivity (Wildman–Crippen MR) is 111 cm³/mol. The number of carbonyl (C=O) groups excluding carboxylic acids is 2. The van der Waals surface area contributed by atoms with E-state index < -0.39 is 10.0 Å². The van der Waals surface area contributed by atoms with Crippen molar-refractivity contribution in [1.82, 2.24) is 19.0 Å². The van der Waals surface area contributed by atoms with Gasteiger partial charge in [-0.05, 0) is 25.5 Å². The highest BCUT2D eigenvalue weighted by Crippen LogP contribution is 2.14. The predicted octanol–water partition coefficient (Wildman–Crippen LogP) is 0.215. The fourth-order valence-corrected chi connectivity index (χ4v) is 5.29. The highest BCUT2D eigenvalue weighted by Gasteiger charge is 2.29. The summed E-state index contributed by atoms with van der Waals surface area (Å²) < 4.78 is 26.7. The van der Waals surface area contributed by atoms with Gasteiger partial charge >= 0.3 is 0 Å². The normalized spacial score (nSPS) is 18.4. The van der Waals surface area contributed by atoms with Gasteiger partial charge in [0.25, 0.3) is 0 Å². The maximum absolute atomic E-state index is 12.6. The Bertz CT molecular complexity index is 801. The molecule has 0 radical (unpaired) electrons. The average Bonchev–Trinajstić information content (AvgIpc) is 3.23. The molecule has 3 rings (SSSR count). The van der Waals surface area contributed by atoms with Crippen molar-refractivity contribution < 1.29 is 18.0 Å². The molecule has 0 aromatic heterocycles. The number of rotatable bonds is 7. The van der Waals surface area contributed by atoms with Gasteiger partial charge in [0.05, 0.1) is 18.8 Å². The Kier molecular flexibility index (Phi) is 7.26. The van der Waals surface area contributed by atoms with E-state index in [9.17, 15) is 18.0 Å². The minimum atomic E-state index is -3.40. The summed E-state index contributed by atoms with van der Waals surface area (Å²) in [5.74, 6) is -0.0280. The van der Waals surface area contributed by atoms with Gasteiger partial charge in [-0.1, -0.05) is 30.3 Å². The maximum Gasteiger partial charge on any atom is 0.236 e. The number of carbonyl (C=O) groups is 2. The number of nitrogens with zero attached hydrogens (tertiary/aromatic N) is 4. The molecule has 2 saturated heterocycles. The number of likely N-dealkylation sites (tertiary alicyclic amines) is 1. The number of sulfonamides is 1. The molecule has 2 aliphatic heterocycles. The molecule has 8 nitrogen and oxygen atoms in total. The Labute approximate surface area is 173 Å². The van der Waals surface area contributed by atoms with Crippen molar-refractivity contribution in [3.8, 4) is 0 Å². The first-order chi connectivity index (χ1) is 13.8. The van der Waals surface area contributed by atoms with Crippen molar-refractivity contribution in [3.63, 3.8) is 0 Å². The number of hydrogen-bond acceptors (Lipinski definition) is 5. The van der Waals surface area contributed by atoms with E-state index >= 15 is 0 Å². The third-order valence-corrected chi connectivity index (χ3v) is 7.30. The maximum atomic E-state index is 12.6. The Hall–Kier alpha value is -1.97. The third kappa shape index (κ3) is 6.01. The summed E-state index contributed by atoms with van der Waals surface area (Å²) in [6, 6.07) is 9.11. The second-order valence-electron chi connectivity index (χ2n) is 7.78. The van der Waals surface area contributed by atoms with Crippen molar-refractivity contribution in [2.24, 2.45) is 0 Å². The molecule has 0 saturated carbocycles. The van der Waals surface area contributed by atoms with Crippen LogP contribution in [0, 0.1) is 0 Å². The monoisotopic (exact) mass is 422 g/mol. The van der Waals surface area contributed by atoms with Gasteiger partial charge < -0.3 is 9.80 Å². The lowest BCUT2D eigenvalue weighted by atomic mass is 10.2. The standard InChI is InChI=1S/C20H30N4O4S/c1-21(15-19(25)22-9-5-6-10-22)16-20(26)23-11-13-24(14-12-23)29(27,28)17-18-7-3-2-4-8-18/h2-4,7-8H,5-6,9-17H2,1H3. The van der Waals surface area contributed by atoms with Gasteiger partial charge in [0.15, 0.2) is 0 Å². The summed E-state index contributed by atoms with van der Waals surface area (Å²) in [7, 11) is -1.63. The molecule has 0 N–H and O–H groups in total. The minimum Gasteiger partial charge on any atom is -0.342 e. The Balaban J connectivity index is 1.44. The van der Waals surface area contributed by atoms with Gasteiger partial charge in [0, 0.05) is 39.3 Å². The van der Waals surface area contributed by atoms with Crippen molar-refractivity contribution in [1.29, 1.82) is 0 Å². The zero-order valence-electron chi connectivity index (χ0n) is 17.0. The van der Waals surface area contributed by atoms with Gasteiger partial charge in [-0.2, -0.15) is 4.31 Å². The SMILES string of the molecule is CN(CC(=O)N1CCCC1)CC(=O)N1CCN(S(=O)(=O)Cc2ccccc2)CC1. The van der Waals surface area contributed by atoms with Crippen LogP contribution in [0.3, 0.4) is 0 Å². The number of benzene rings is 1. The smallest absolute Gasteiger partial charge is 0.236 e. The lowest BCUT2D eigenvalue weighted by molar-refractivity contribution is -0.135. The summed E-state index contributed by atoms with van der Waals surface area (Å²) in [4.78, 5) is 30.0. The summed E-state index contributed by atoms with van der Waals surface area (Å²) in [6.07, 6.45) is 2.09. The van der Waals surface area contributed by atoms with Crippen LogP contribution < -0.4 is 0 Å². The van der Waals surface area contributed by atoms with Gasteiger partial charge in [0.1, 0.15) is 0 Å². The van der Waals surface area contributed by atoms with Crippen LogP contribution in [0.5, 0.6) is 0 Å². The molecule has 2 amide bonds. The molecule has 2 aliphatic rings. The van der Waals surface area contributed by atoms with E-state index in [1.807, 2.05) is 23.1 Å². The summed E-state index contributed by atoms with van der Waals surface area (Å²) in [5.41, 5.74) is 0.760. The quantitative estimate of drug-likeness (QED) is 0.628. The topological polar surface area (TPSA) is 81.2 Å². The second kappa shape index (κ2) is 9.69. The molecule has 0 spiro atoms. The molecule has 2 fully saturated rings. The van der Waals surface area contributed by atoms with E-state index in [0.29, 0.717) is 26.2 Å². The molecule has 9 heteroatoms. The Morgan fingerprint density at radius 2 is 1.38 bits per heavy atom.